The van der Waals surface area contributed by atoms with Crippen LogP contribution in [-0.2, 0) is 11.2 Å². The van der Waals surface area contributed by atoms with E-state index in [4.69, 9.17) is 0 Å². The number of carbonyl (C=O) groups is 1. The highest BCUT2D eigenvalue weighted by molar-refractivity contribution is 5.80. The topological polar surface area (TPSA) is 68.5 Å². The normalized spacial score (nSPS) is 12.8. The van der Waals surface area contributed by atoms with Crippen LogP contribution in [0.3, 0.4) is 0 Å². The number of nitrogens with one attached hydrogen (secondary N) is 1. The fourth-order valence-corrected chi connectivity index (χ4v) is 2.55. The molecular formula is C17H15F3N4O2. The molecule has 136 valence electrons. The summed E-state index contributed by atoms with van der Waals surface area (Å²) in [5, 5.41) is 10.6. The van der Waals surface area contributed by atoms with E-state index in [1.807, 2.05) is 0 Å². The van der Waals surface area contributed by atoms with E-state index < -0.39 is 6.36 Å². The van der Waals surface area contributed by atoms with Crippen molar-refractivity contribution in [1.82, 2.24) is 19.9 Å². The Kier molecular flexibility index (Phi) is 4.79. The van der Waals surface area contributed by atoms with E-state index in [-0.39, 0.29) is 24.1 Å². The zero-order chi connectivity index (χ0) is 18.7. The summed E-state index contributed by atoms with van der Waals surface area (Å²) in [6.07, 6.45) is -1.29. The number of carbonyl (C=O) groups excluding carboxylic acids is 1. The summed E-state index contributed by atoms with van der Waals surface area (Å²) in [6, 6.07) is 8.58. The minimum absolute atomic E-state index is 0.114. The van der Waals surface area contributed by atoms with Crippen LogP contribution < -0.4 is 10.1 Å². The minimum Gasteiger partial charge on any atom is -0.406 e. The third kappa shape index (κ3) is 4.29. The van der Waals surface area contributed by atoms with Gasteiger partial charge in [-0.1, -0.05) is 18.2 Å². The first-order valence-corrected chi connectivity index (χ1v) is 7.74. The number of ether oxygens (including phenoxy) is 1. The highest BCUT2D eigenvalue weighted by atomic mass is 19.4. The van der Waals surface area contributed by atoms with E-state index in [2.05, 4.69) is 20.3 Å². The number of rotatable bonds is 5. The lowest BCUT2D eigenvalue weighted by Gasteiger charge is -2.15. The molecule has 1 atom stereocenters. The monoisotopic (exact) mass is 364 g/mol. The van der Waals surface area contributed by atoms with E-state index in [0.29, 0.717) is 11.2 Å². The molecule has 0 aliphatic rings. The van der Waals surface area contributed by atoms with E-state index in [1.165, 1.54) is 24.3 Å². The molecule has 9 heteroatoms. The molecule has 1 aromatic carbocycles. The Labute approximate surface area is 146 Å². The van der Waals surface area contributed by atoms with Gasteiger partial charge in [0.1, 0.15) is 12.1 Å². The average Bonchev–Trinajstić information content (AvgIpc) is 3.03. The number of aromatic nitrogens is 3. The standard InChI is InChI=1S/C17H15F3N4O2/c1-11(12-4-6-14(7-5-12)26-17(18,19)20)22-15(25)9-13-3-2-8-24-10-21-23-16(13)24/h2-8,10-11H,9H2,1H3,(H,22,25)/t11-/m0/s1. The summed E-state index contributed by atoms with van der Waals surface area (Å²) in [5.41, 5.74) is 1.99. The van der Waals surface area contributed by atoms with Gasteiger partial charge >= 0.3 is 6.36 Å². The Hall–Kier alpha value is -3.10. The smallest absolute Gasteiger partial charge is 0.406 e. The van der Waals surface area contributed by atoms with Crippen molar-refractivity contribution in [2.75, 3.05) is 0 Å². The SMILES string of the molecule is C[C@H](NC(=O)Cc1cccn2cnnc12)c1ccc(OC(F)(F)F)cc1. The van der Waals surface area contributed by atoms with Crippen molar-refractivity contribution < 1.29 is 22.7 Å². The number of fused-ring (bicyclic) bond motifs is 1. The number of hydrogen-bond acceptors (Lipinski definition) is 4. The maximum atomic E-state index is 12.3. The minimum atomic E-state index is -4.73. The molecule has 0 aliphatic heterocycles. The molecule has 0 saturated heterocycles. The van der Waals surface area contributed by atoms with Crippen LogP contribution in [0, 0.1) is 0 Å². The Morgan fingerprint density at radius 3 is 2.69 bits per heavy atom. The maximum absolute atomic E-state index is 12.3. The quantitative estimate of drug-likeness (QED) is 0.756. The predicted molar refractivity (Wildman–Crippen MR) is 86.4 cm³/mol. The summed E-state index contributed by atoms with van der Waals surface area (Å²) in [6.45, 7) is 1.75. The summed E-state index contributed by atoms with van der Waals surface area (Å²) in [5.74, 6) is -0.539. The van der Waals surface area contributed by atoms with Crippen molar-refractivity contribution >= 4 is 11.6 Å². The highest BCUT2D eigenvalue weighted by Gasteiger charge is 2.31. The van der Waals surface area contributed by atoms with E-state index >= 15 is 0 Å². The molecule has 2 heterocycles. The van der Waals surface area contributed by atoms with Crippen LogP contribution in [0.15, 0.2) is 48.9 Å². The molecule has 0 aliphatic carbocycles. The van der Waals surface area contributed by atoms with Gasteiger partial charge in [0.2, 0.25) is 5.91 Å². The summed E-state index contributed by atoms with van der Waals surface area (Å²) in [4.78, 5) is 12.3. The molecule has 6 nitrogen and oxygen atoms in total. The largest absolute Gasteiger partial charge is 0.573 e. The zero-order valence-electron chi connectivity index (χ0n) is 13.7. The molecule has 1 N–H and O–H groups in total. The third-order valence-electron chi connectivity index (χ3n) is 3.75. The van der Waals surface area contributed by atoms with Crippen molar-refractivity contribution in [2.45, 2.75) is 25.7 Å². The summed E-state index contributed by atoms with van der Waals surface area (Å²) >= 11 is 0. The van der Waals surface area contributed by atoms with Crippen LogP contribution in [-0.4, -0.2) is 26.9 Å². The van der Waals surface area contributed by atoms with Gasteiger partial charge in [-0.15, -0.1) is 23.4 Å². The molecule has 0 radical (unpaired) electrons. The number of nitrogens with zero attached hydrogens (tertiary/aromatic N) is 3. The first-order chi connectivity index (χ1) is 12.3. The summed E-state index contributed by atoms with van der Waals surface area (Å²) in [7, 11) is 0. The number of halogens is 3. The highest BCUT2D eigenvalue weighted by Crippen LogP contribution is 2.24. The van der Waals surface area contributed by atoms with Gasteiger partial charge in [0.05, 0.1) is 12.5 Å². The zero-order valence-corrected chi connectivity index (χ0v) is 13.7. The van der Waals surface area contributed by atoms with Gasteiger partial charge in [0.15, 0.2) is 5.65 Å². The Bertz CT molecular complexity index is 906. The van der Waals surface area contributed by atoms with Gasteiger partial charge in [0.25, 0.3) is 0 Å². The van der Waals surface area contributed by atoms with Crippen LogP contribution in [0.4, 0.5) is 13.2 Å². The van der Waals surface area contributed by atoms with Crippen LogP contribution in [0.25, 0.3) is 5.65 Å². The molecule has 0 fully saturated rings. The van der Waals surface area contributed by atoms with Crippen molar-refractivity contribution in [3.63, 3.8) is 0 Å². The molecule has 0 saturated carbocycles. The van der Waals surface area contributed by atoms with Crippen LogP contribution in [0.2, 0.25) is 0 Å². The molecule has 2 aromatic heterocycles. The second-order valence-electron chi connectivity index (χ2n) is 5.68. The number of amides is 1. The molecular weight excluding hydrogens is 349 g/mol. The van der Waals surface area contributed by atoms with Gasteiger partial charge in [0, 0.05) is 11.8 Å². The predicted octanol–water partition coefficient (Wildman–Crippen LogP) is 3.05. The van der Waals surface area contributed by atoms with E-state index in [9.17, 15) is 18.0 Å². The lowest BCUT2D eigenvalue weighted by molar-refractivity contribution is -0.274. The molecule has 3 rings (SSSR count). The first kappa shape index (κ1) is 17.7. The molecule has 0 unspecified atom stereocenters. The van der Waals surface area contributed by atoms with Crippen molar-refractivity contribution in [3.05, 3.63) is 60.0 Å². The molecule has 0 bridgehead atoms. The van der Waals surface area contributed by atoms with Gasteiger partial charge in [-0.2, -0.15) is 0 Å². The molecule has 26 heavy (non-hydrogen) atoms. The lowest BCUT2D eigenvalue weighted by Crippen LogP contribution is -2.28. The Morgan fingerprint density at radius 1 is 1.27 bits per heavy atom. The van der Waals surface area contributed by atoms with Gasteiger partial charge in [-0.3, -0.25) is 9.20 Å². The molecule has 0 spiro atoms. The Balaban J connectivity index is 1.63. The average molecular weight is 364 g/mol. The fourth-order valence-electron chi connectivity index (χ4n) is 2.55. The maximum Gasteiger partial charge on any atom is 0.573 e. The lowest BCUT2D eigenvalue weighted by atomic mass is 10.1. The van der Waals surface area contributed by atoms with E-state index in [0.717, 1.165) is 5.56 Å². The van der Waals surface area contributed by atoms with Crippen LogP contribution in [0.5, 0.6) is 5.75 Å². The van der Waals surface area contributed by atoms with Gasteiger partial charge < -0.3 is 10.1 Å². The second kappa shape index (κ2) is 7.03. The van der Waals surface area contributed by atoms with Crippen molar-refractivity contribution in [3.8, 4) is 5.75 Å². The number of hydrogen-bond donors (Lipinski definition) is 1. The number of pyridine rings is 1. The van der Waals surface area contributed by atoms with Gasteiger partial charge in [-0.25, -0.2) is 0 Å². The van der Waals surface area contributed by atoms with Crippen molar-refractivity contribution in [1.29, 1.82) is 0 Å². The Morgan fingerprint density at radius 2 is 2.00 bits per heavy atom. The number of alkyl halides is 3. The first-order valence-electron chi connectivity index (χ1n) is 7.74. The van der Waals surface area contributed by atoms with Crippen LogP contribution >= 0.6 is 0 Å². The molecule has 3 aromatic rings. The molecule has 1 amide bonds. The van der Waals surface area contributed by atoms with Gasteiger partial charge in [-0.05, 0) is 30.7 Å². The second-order valence-corrected chi connectivity index (χ2v) is 5.68. The van der Waals surface area contributed by atoms with E-state index in [1.54, 1.807) is 36.0 Å². The number of benzene rings is 1. The fraction of sp³-hybridized carbons (Fsp3) is 0.235. The van der Waals surface area contributed by atoms with Crippen molar-refractivity contribution in [2.24, 2.45) is 0 Å². The van der Waals surface area contributed by atoms with Crippen LogP contribution in [0.1, 0.15) is 24.1 Å². The third-order valence-corrected chi connectivity index (χ3v) is 3.75. The summed E-state index contributed by atoms with van der Waals surface area (Å²) < 4.78 is 42.1.